The zero-order valence-electron chi connectivity index (χ0n) is 10.9. The molecule has 0 fully saturated rings. The number of carboxylic acids is 1. The van der Waals surface area contributed by atoms with E-state index in [0.717, 1.165) is 5.56 Å². The van der Waals surface area contributed by atoms with Crippen molar-refractivity contribution in [2.45, 2.75) is 6.54 Å². The van der Waals surface area contributed by atoms with Crippen molar-refractivity contribution in [3.05, 3.63) is 59.4 Å². The summed E-state index contributed by atoms with van der Waals surface area (Å²) in [4.78, 5) is 10.9. The van der Waals surface area contributed by atoms with Crippen LogP contribution in [0.25, 0.3) is 0 Å². The highest BCUT2D eigenvalue weighted by molar-refractivity contribution is 5.87. The summed E-state index contributed by atoms with van der Waals surface area (Å²) in [5.74, 6) is -0.826. The molecule has 0 aliphatic carbocycles. The number of benzene rings is 2. The van der Waals surface area contributed by atoms with Crippen LogP contribution in [-0.4, -0.2) is 18.2 Å². The van der Waals surface area contributed by atoms with Gasteiger partial charge in [0.15, 0.2) is 0 Å². The van der Waals surface area contributed by atoms with Crippen LogP contribution in [0.4, 0.5) is 10.1 Å². The highest BCUT2D eigenvalue weighted by Crippen LogP contribution is 2.21. The summed E-state index contributed by atoms with van der Waals surface area (Å²) >= 11 is 0. The van der Waals surface area contributed by atoms with E-state index in [0.29, 0.717) is 18.0 Å². The number of methoxy groups -OCH3 is 1. The number of aromatic carboxylic acids is 1. The molecule has 2 aromatic carbocycles. The van der Waals surface area contributed by atoms with Crippen molar-refractivity contribution in [1.29, 1.82) is 0 Å². The van der Waals surface area contributed by atoms with Gasteiger partial charge in [-0.1, -0.05) is 12.1 Å². The molecule has 0 atom stereocenters. The summed E-state index contributed by atoms with van der Waals surface area (Å²) in [5.41, 5.74) is 1.27. The van der Waals surface area contributed by atoms with Crippen LogP contribution < -0.4 is 10.1 Å². The van der Waals surface area contributed by atoms with Crippen molar-refractivity contribution in [3.8, 4) is 5.75 Å². The van der Waals surface area contributed by atoms with E-state index in [9.17, 15) is 9.18 Å². The van der Waals surface area contributed by atoms with E-state index in [2.05, 4.69) is 5.32 Å². The fourth-order valence-electron chi connectivity index (χ4n) is 1.78. The van der Waals surface area contributed by atoms with Gasteiger partial charge in [-0.15, -0.1) is 0 Å². The average Bonchev–Trinajstić information content (AvgIpc) is 2.46. The maximum Gasteiger partial charge on any atom is 0.335 e. The SMILES string of the molecule is COc1ccc(F)c(NCc2cccc(C(=O)O)c2)c1. The van der Waals surface area contributed by atoms with Gasteiger partial charge in [0.05, 0.1) is 18.4 Å². The number of ether oxygens (including phenoxy) is 1. The van der Waals surface area contributed by atoms with Crippen molar-refractivity contribution in [2.24, 2.45) is 0 Å². The minimum Gasteiger partial charge on any atom is -0.497 e. The van der Waals surface area contributed by atoms with Crippen molar-refractivity contribution < 1.29 is 19.0 Å². The van der Waals surface area contributed by atoms with Crippen molar-refractivity contribution in [3.63, 3.8) is 0 Å². The van der Waals surface area contributed by atoms with E-state index in [1.165, 1.54) is 25.3 Å². The molecule has 0 amide bonds. The van der Waals surface area contributed by atoms with Gasteiger partial charge in [-0.3, -0.25) is 0 Å². The number of rotatable bonds is 5. The minimum atomic E-state index is -0.987. The van der Waals surface area contributed by atoms with Gasteiger partial charge in [-0.2, -0.15) is 0 Å². The first-order chi connectivity index (χ1) is 9.60. The zero-order chi connectivity index (χ0) is 14.5. The topological polar surface area (TPSA) is 58.6 Å². The average molecular weight is 275 g/mol. The molecule has 0 saturated heterocycles. The highest BCUT2D eigenvalue weighted by Gasteiger charge is 2.06. The lowest BCUT2D eigenvalue weighted by Gasteiger charge is -2.09. The number of anilines is 1. The van der Waals surface area contributed by atoms with Crippen LogP contribution in [0.2, 0.25) is 0 Å². The number of halogens is 1. The molecule has 0 saturated carbocycles. The van der Waals surface area contributed by atoms with Crippen LogP contribution >= 0.6 is 0 Å². The van der Waals surface area contributed by atoms with Crippen LogP contribution in [0.1, 0.15) is 15.9 Å². The lowest BCUT2D eigenvalue weighted by atomic mass is 10.1. The number of hydrogen-bond donors (Lipinski definition) is 2. The first-order valence-corrected chi connectivity index (χ1v) is 6.00. The molecule has 4 nitrogen and oxygen atoms in total. The molecular weight excluding hydrogens is 261 g/mol. The van der Waals surface area contributed by atoms with Crippen molar-refractivity contribution in [2.75, 3.05) is 12.4 Å². The maximum absolute atomic E-state index is 13.6. The predicted molar refractivity (Wildman–Crippen MR) is 73.7 cm³/mol. The summed E-state index contributed by atoms with van der Waals surface area (Å²) in [6.45, 7) is 0.325. The largest absolute Gasteiger partial charge is 0.497 e. The van der Waals surface area contributed by atoms with E-state index in [1.54, 1.807) is 24.3 Å². The van der Waals surface area contributed by atoms with Gasteiger partial charge in [0.25, 0.3) is 0 Å². The molecular formula is C15H14FNO3. The van der Waals surface area contributed by atoms with Crippen LogP contribution in [0.5, 0.6) is 5.75 Å². The summed E-state index contributed by atoms with van der Waals surface area (Å²) < 4.78 is 18.6. The quantitative estimate of drug-likeness (QED) is 0.880. The summed E-state index contributed by atoms with van der Waals surface area (Å²) in [7, 11) is 1.51. The first kappa shape index (κ1) is 13.9. The van der Waals surface area contributed by atoms with Gasteiger partial charge >= 0.3 is 5.97 Å². The number of hydrogen-bond acceptors (Lipinski definition) is 3. The fraction of sp³-hybridized carbons (Fsp3) is 0.133. The molecule has 0 aliphatic rings. The molecule has 2 aromatic rings. The van der Waals surface area contributed by atoms with E-state index < -0.39 is 5.97 Å². The Labute approximate surface area is 115 Å². The molecule has 2 N–H and O–H groups in total. The Morgan fingerprint density at radius 1 is 1.30 bits per heavy atom. The Kier molecular flexibility index (Phi) is 4.20. The van der Waals surface area contributed by atoms with Crippen LogP contribution in [0, 0.1) is 5.82 Å². The third-order valence-electron chi connectivity index (χ3n) is 2.83. The molecule has 0 spiro atoms. The third-order valence-corrected chi connectivity index (χ3v) is 2.83. The second-order valence-electron chi connectivity index (χ2n) is 4.20. The Morgan fingerprint density at radius 2 is 2.10 bits per heavy atom. The summed E-state index contributed by atoms with van der Waals surface area (Å²) in [5, 5.41) is 11.8. The highest BCUT2D eigenvalue weighted by atomic mass is 19.1. The molecule has 0 bridgehead atoms. The second-order valence-corrected chi connectivity index (χ2v) is 4.20. The molecule has 0 radical (unpaired) electrons. The molecule has 20 heavy (non-hydrogen) atoms. The Hall–Kier alpha value is -2.56. The standard InChI is InChI=1S/C15H14FNO3/c1-20-12-5-6-13(16)14(8-12)17-9-10-3-2-4-11(7-10)15(18)19/h2-8,17H,9H2,1H3,(H,18,19). The maximum atomic E-state index is 13.6. The number of carboxylic acid groups (broad SMARTS) is 1. The second kappa shape index (κ2) is 6.06. The van der Waals surface area contributed by atoms with Crippen molar-refractivity contribution >= 4 is 11.7 Å². The monoisotopic (exact) mass is 275 g/mol. The Bertz CT molecular complexity index is 628. The first-order valence-electron chi connectivity index (χ1n) is 6.00. The van der Waals surface area contributed by atoms with Gasteiger partial charge in [-0.05, 0) is 29.8 Å². The van der Waals surface area contributed by atoms with Crippen LogP contribution in [0.3, 0.4) is 0 Å². The minimum absolute atomic E-state index is 0.204. The zero-order valence-corrected chi connectivity index (χ0v) is 10.9. The Balaban J connectivity index is 2.12. The predicted octanol–water partition coefficient (Wildman–Crippen LogP) is 3.14. The smallest absolute Gasteiger partial charge is 0.335 e. The molecule has 104 valence electrons. The number of carbonyl (C=O) groups is 1. The number of nitrogens with one attached hydrogen (secondary N) is 1. The Morgan fingerprint density at radius 3 is 2.80 bits per heavy atom. The molecule has 0 unspecified atom stereocenters. The fourth-order valence-corrected chi connectivity index (χ4v) is 1.78. The molecule has 0 aromatic heterocycles. The van der Waals surface area contributed by atoms with Crippen LogP contribution in [-0.2, 0) is 6.54 Å². The van der Waals surface area contributed by atoms with Gasteiger partial charge in [0, 0.05) is 12.6 Å². The molecule has 5 heteroatoms. The van der Waals surface area contributed by atoms with Gasteiger partial charge in [0.1, 0.15) is 11.6 Å². The van der Waals surface area contributed by atoms with E-state index in [-0.39, 0.29) is 11.4 Å². The van der Waals surface area contributed by atoms with Crippen molar-refractivity contribution in [1.82, 2.24) is 0 Å². The van der Waals surface area contributed by atoms with Crippen LogP contribution in [0.15, 0.2) is 42.5 Å². The normalized spacial score (nSPS) is 10.1. The van der Waals surface area contributed by atoms with Gasteiger partial charge < -0.3 is 15.2 Å². The molecule has 0 aliphatic heterocycles. The molecule has 2 rings (SSSR count). The summed E-state index contributed by atoms with van der Waals surface area (Å²) in [6, 6.07) is 10.9. The summed E-state index contributed by atoms with van der Waals surface area (Å²) in [6.07, 6.45) is 0. The third kappa shape index (κ3) is 3.26. The lowest BCUT2D eigenvalue weighted by Crippen LogP contribution is -2.04. The van der Waals surface area contributed by atoms with Gasteiger partial charge in [-0.25, -0.2) is 9.18 Å². The van der Waals surface area contributed by atoms with E-state index >= 15 is 0 Å². The molecule has 0 heterocycles. The van der Waals surface area contributed by atoms with E-state index in [4.69, 9.17) is 9.84 Å². The lowest BCUT2D eigenvalue weighted by molar-refractivity contribution is 0.0697. The van der Waals surface area contributed by atoms with Gasteiger partial charge in [0.2, 0.25) is 0 Å². The van der Waals surface area contributed by atoms with E-state index in [1.807, 2.05) is 0 Å².